The summed E-state index contributed by atoms with van der Waals surface area (Å²) in [6, 6.07) is 18.4. The summed E-state index contributed by atoms with van der Waals surface area (Å²) in [6.07, 6.45) is 0. The van der Waals surface area contributed by atoms with Crippen LogP contribution in [0.5, 0.6) is 5.75 Å². The van der Waals surface area contributed by atoms with Crippen molar-refractivity contribution in [3.05, 3.63) is 98.5 Å². The minimum absolute atomic E-state index is 0.0117. The zero-order valence-corrected chi connectivity index (χ0v) is 19.6. The first-order chi connectivity index (χ1) is 15.3. The van der Waals surface area contributed by atoms with Crippen LogP contribution < -0.4 is 9.64 Å². The van der Waals surface area contributed by atoms with Gasteiger partial charge in [-0.05, 0) is 64.8 Å². The topological polar surface area (TPSA) is 66.8 Å². The number of aliphatic hydroxyl groups excluding tert-OH is 1. The van der Waals surface area contributed by atoms with Gasteiger partial charge in [0.05, 0.1) is 23.2 Å². The molecule has 1 unspecified atom stereocenters. The number of methoxy groups -OCH3 is 1. The number of benzene rings is 3. The summed E-state index contributed by atoms with van der Waals surface area (Å²) in [7, 11) is 1.54. The number of amides is 1. The third-order valence-corrected chi connectivity index (χ3v) is 6.17. The summed E-state index contributed by atoms with van der Waals surface area (Å²) in [5, 5.41) is 11.6. The van der Waals surface area contributed by atoms with E-state index >= 15 is 0 Å². The van der Waals surface area contributed by atoms with Gasteiger partial charge in [-0.15, -0.1) is 0 Å². The molecule has 0 aromatic heterocycles. The van der Waals surface area contributed by atoms with Crippen LogP contribution in [0.2, 0.25) is 5.02 Å². The Kier molecular flexibility index (Phi) is 6.09. The molecular formula is C25H19BrClNO4. The molecule has 1 N–H and O–H groups in total. The first-order valence-corrected chi connectivity index (χ1v) is 11.0. The highest BCUT2D eigenvalue weighted by molar-refractivity contribution is 9.10. The molecule has 1 fully saturated rings. The van der Waals surface area contributed by atoms with Crippen molar-refractivity contribution in [1.29, 1.82) is 0 Å². The summed E-state index contributed by atoms with van der Waals surface area (Å²) in [6.45, 7) is 1.93. The second-order valence-electron chi connectivity index (χ2n) is 7.41. The first-order valence-electron chi connectivity index (χ1n) is 9.79. The van der Waals surface area contributed by atoms with Gasteiger partial charge in [-0.3, -0.25) is 14.5 Å². The normalized spacial score (nSPS) is 17.6. The minimum Gasteiger partial charge on any atom is -0.507 e. The van der Waals surface area contributed by atoms with Crippen molar-refractivity contribution in [2.75, 3.05) is 12.0 Å². The Labute approximate surface area is 199 Å². The summed E-state index contributed by atoms with van der Waals surface area (Å²) >= 11 is 9.57. The maximum Gasteiger partial charge on any atom is 0.300 e. The Bertz CT molecular complexity index is 1270. The molecule has 7 heteroatoms. The molecule has 1 aliphatic heterocycles. The molecule has 1 aliphatic rings. The average molecular weight is 513 g/mol. The minimum atomic E-state index is -0.811. The van der Waals surface area contributed by atoms with E-state index < -0.39 is 17.7 Å². The fourth-order valence-electron chi connectivity index (χ4n) is 3.85. The van der Waals surface area contributed by atoms with Crippen molar-refractivity contribution in [3.8, 4) is 5.75 Å². The molecule has 0 aliphatic carbocycles. The second kappa shape index (κ2) is 8.81. The maximum atomic E-state index is 13.2. The Morgan fingerprint density at radius 2 is 1.81 bits per heavy atom. The predicted octanol–water partition coefficient (Wildman–Crippen LogP) is 6.05. The van der Waals surface area contributed by atoms with Crippen LogP contribution in [0.15, 0.2) is 76.8 Å². The third kappa shape index (κ3) is 3.92. The molecule has 0 bridgehead atoms. The molecule has 0 radical (unpaired) electrons. The van der Waals surface area contributed by atoms with Crippen LogP contribution in [0.4, 0.5) is 5.69 Å². The quantitative estimate of drug-likeness (QED) is 0.263. The fourth-order valence-corrected chi connectivity index (χ4v) is 4.57. The van der Waals surface area contributed by atoms with Gasteiger partial charge in [0.15, 0.2) is 0 Å². The number of aryl methyl sites for hydroxylation is 1. The van der Waals surface area contributed by atoms with E-state index in [4.69, 9.17) is 16.3 Å². The number of rotatable bonds is 4. The number of ether oxygens (including phenoxy) is 1. The van der Waals surface area contributed by atoms with Crippen molar-refractivity contribution in [3.63, 3.8) is 0 Å². The summed E-state index contributed by atoms with van der Waals surface area (Å²) in [5.41, 5.74) is 2.54. The molecule has 32 heavy (non-hydrogen) atoms. The molecule has 5 nitrogen and oxygen atoms in total. The standard InChI is InChI=1S/C25H19BrClNO4/c1-14-5-3-6-15(11-14)22-21(23(29)16-9-10-20(32-2)19(26)12-16)24(30)25(31)28(22)18-8-4-7-17(27)13-18/h3-13,22,29H,1-2H3/b23-21+. The van der Waals surface area contributed by atoms with E-state index in [-0.39, 0.29) is 11.3 Å². The summed E-state index contributed by atoms with van der Waals surface area (Å²) < 4.78 is 5.86. The Morgan fingerprint density at radius 3 is 2.47 bits per heavy atom. The van der Waals surface area contributed by atoms with E-state index in [1.54, 1.807) is 42.5 Å². The lowest BCUT2D eigenvalue weighted by atomic mass is 9.94. The van der Waals surface area contributed by atoms with Crippen molar-refractivity contribution < 1.29 is 19.4 Å². The van der Waals surface area contributed by atoms with Gasteiger partial charge in [-0.2, -0.15) is 0 Å². The van der Waals surface area contributed by atoms with E-state index in [9.17, 15) is 14.7 Å². The second-order valence-corrected chi connectivity index (χ2v) is 8.70. The van der Waals surface area contributed by atoms with Crippen molar-refractivity contribution in [1.82, 2.24) is 0 Å². The highest BCUT2D eigenvalue weighted by Gasteiger charge is 2.47. The largest absolute Gasteiger partial charge is 0.507 e. The molecule has 0 spiro atoms. The monoisotopic (exact) mass is 511 g/mol. The zero-order chi connectivity index (χ0) is 23.0. The number of hydrogen-bond acceptors (Lipinski definition) is 4. The van der Waals surface area contributed by atoms with Crippen molar-refractivity contribution >= 4 is 50.7 Å². The van der Waals surface area contributed by atoms with Crippen LogP contribution >= 0.6 is 27.5 Å². The Balaban J connectivity index is 1.95. The summed E-state index contributed by atoms with van der Waals surface area (Å²) in [4.78, 5) is 27.7. The van der Waals surface area contributed by atoms with Gasteiger partial charge in [0, 0.05) is 16.3 Å². The van der Waals surface area contributed by atoms with Crippen molar-refractivity contribution in [2.45, 2.75) is 13.0 Å². The van der Waals surface area contributed by atoms with E-state index in [2.05, 4.69) is 15.9 Å². The smallest absolute Gasteiger partial charge is 0.300 e. The Morgan fingerprint density at radius 1 is 1.06 bits per heavy atom. The highest BCUT2D eigenvalue weighted by atomic mass is 79.9. The van der Waals surface area contributed by atoms with Gasteiger partial charge < -0.3 is 9.84 Å². The SMILES string of the molecule is COc1ccc(/C(O)=C2\C(=O)C(=O)N(c3cccc(Cl)c3)C2c2cccc(C)c2)cc1Br. The highest BCUT2D eigenvalue weighted by Crippen LogP contribution is 2.43. The number of aliphatic hydroxyl groups is 1. The Hall–Kier alpha value is -3.09. The van der Waals surface area contributed by atoms with Gasteiger partial charge in [-0.1, -0.05) is 47.5 Å². The van der Waals surface area contributed by atoms with Gasteiger partial charge >= 0.3 is 0 Å². The van der Waals surface area contributed by atoms with Crippen LogP contribution in [0, 0.1) is 6.92 Å². The van der Waals surface area contributed by atoms with Crippen molar-refractivity contribution in [2.24, 2.45) is 0 Å². The third-order valence-electron chi connectivity index (χ3n) is 5.31. The number of Topliss-reactive ketones (excluding diaryl/α,β-unsaturated/α-hetero) is 1. The van der Waals surface area contributed by atoms with Gasteiger partial charge in [-0.25, -0.2) is 0 Å². The molecular weight excluding hydrogens is 494 g/mol. The molecule has 1 amide bonds. The van der Waals surface area contributed by atoms with Crippen LogP contribution in [0.25, 0.3) is 5.76 Å². The van der Waals surface area contributed by atoms with E-state index in [0.29, 0.717) is 32.1 Å². The molecule has 3 aromatic carbocycles. The number of halogens is 2. The molecule has 1 heterocycles. The summed E-state index contributed by atoms with van der Waals surface area (Å²) in [5.74, 6) is -1.17. The lowest BCUT2D eigenvalue weighted by Gasteiger charge is -2.26. The fraction of sp³-hybridized carbons (Fsp3) is 0.120. The zero-order valence-electron chi connectivity index (χ0n) is 17.3. The van der Waals surface area contributed by atoms with E-state index in [0.717, 1.165) is 5.56 Å². The molecule has 162 valence electrons. The van der Waals surface area contributed by atoms with Gasteiger partial charge in [0.1, 0.15) is 11.5 Å². The number of carbonyl (C=O) groups is 2. The number of nitrogens with zero attached hydrogens (tertiary/aromatic N) is 1. The lowest BCUT2D eigenvalue weighted by molar-refractivity contribution is -0.132. The lowest BCUT2D eigenvalue weighted by Crippen LogP contribution is -2.29. The molecule has 0 saturated carbocycles. The molecule has 1 saturated heterocycles. The maximum absolute atomic E-state index is 13.2. The number of ketones is 1. The molecule has 3 aromatic rings. The average Bonchev–Trinajstić information content (AvgIpc) is 3.04. The number of anilines is 1. The van der Waals surface area contributed by atoms with Crippen LogP contribution in [0.3, 0.4) is 0 Å². The molecule has 1 atom stereocenters. The predicted molar refractivity (Wildman–Crippen MR) is 128 cm³/mol. The van der Waals surface area contributed by atoms with Gasteiger partial charge in [0.2, 0.25) is 0 Å². The number of hydrogen-bond donors (Lipinski definition) is 1. The van der Waals surface area contributed by atoms with E-state index in [1.807, 2.05) is 31.2 Å². The van der Waals surface area contributed by atoms with Crippen LogP contribution in [-0.2, 0) is 9.59 Å². The number of carbonyl (C=O) groups excluding carboxylic acids is 2. The van der Waals surface area contributed by atoms with Crippen LogP contribution in [-0.4, -0.2) is 23.9 Å². The first kappa shape index (κ1) is 22.1. The molecule has 4 rings (SSSR count). The van der Waals surface area contributed by atoms with Gasteiger partial charge in [0.25, 0.3) is 11.7 Å². The van der Waals surface area contributed by atoms with Crippen LogP contribution in [0.1, 0.15) is 22.7 Å². The van der Waals surface area contributed by atoms with E-state index in [1.165, 1.54) is 12.0 Å².